The van der Waals surface area contributed by atoms with Crippen LogP contribution in [0, 0.1) is 0 Å². The molecular weight excluding hydrogens is 246 g/mol. The Labute approximate surface area is 111 Å². The van der Waals surface area contributed by atoms with Gasteiger partial charge in [-0.05, 0) is 29.7 Å². The van der Waals surface area contributed by atoms with E-state index in [9.17, 15) is 0 Å². The molecule has 0 saturated carbocycles. The first-order valence-corrected chi connectivity index (χ1v) is 6.49. The second-order valence-corrected chi connectivity index (χ2v) is 4.86. The average Bonchev–Trinajstić information content (AvgIpc) is 2.89. The molecule has 1 aromatic heterocycles. The van der Waals surface area contributed by atoms with E-state index in [1.165, 1.54) is 5.56 Å². The van der Waals surface area contributed by atoms with Crippen molar-refractivity contribution in [2.24, 2.45) is 0 Å². The van der Waals surface area contributed by atoms with Gasteiger partial charge in [0, 0.05) is 25.2 Å². The second-order valence-electron chi connectivity index (χ2n) is 4.53. The van der Waals surface area contributed by atoms with Gasteiger partial charge in [0.25, 0.3) is 0 Å². The normalized spacial score (nSPS) is 19.2. The van der Waals surface area contributed by atoms with Gasteiger partial charge in [-0.2, -0.15) is 0 Å². The highest BCUT2D eigenvalue weighted by atomic mass is 35.5. The van der Waals surface area contributed by atoms with Gasteiger partial charge in [0.05, 0.1) is 0 Å². The first-order chi connectivity index (χ1) is 8.83. The van der Waals surface area contributed by atoms with Crippen molar-refractivity contribution < 1.29 is 0 Å². The van der Waals surface area contributed by atoms with Crippen LogP contribution in [0.1, 0.15) is 17.9 Å². The molecule has 1 saturated heterocycles. The second kappa shape index (κ2) is 4.94. The molecule has 4 heteroatoms. The van der Waals surface area contributed by atoms with E-state index < -0.39 is 0 Å². The number of hydrogen-bond acceptors (Lipinski definition) is 3. The van der Waals surface area contributed by atoms with E-state index >= 15 is 0 Å². The Morgan fingerprint density at radius 3 is 2.78 bits per heavy atom. The summed E-state index contributed by atoms with van der Waals surface area (Å²) < 4.78 is 0. The summed E-state index contributed by atoms with van der Waals surface area (Å²) in [4.78, 5) is 10.4. The van der Waals surface area contributed by atoms with Crippen molar-refractivity contribution >= 4 is 17.4 Å². The molecule has 0 aliphatic carbocycles. The van der Waals surface area contributed by atoms with Crippen LogP contribution in [0.2, 0.25) is 5.28 Å². The molecule has 18 heavy (non-hydrogen) atoms. The van der Waals surface area contributed by atoms with Gasteiger partial charge in [0.1, 0.15) is 5.82 Å². The van der Waals surface area contributed by atoms with Gasteiger partial charge >= 0.3 is 0 Å². The summed E-state index contributed by atoms with van der Waals surface area (Å²) >= 11 is 5.83. The largest absolute Gasteiger partial charge is 0.356 e. The lowest BCUT2D eigenvalue weighted by molar-refractivity contribution is 0.774. The van der Waals surface area contributed by atoms with Crippen LogP contribution in [0.5, 0.6) is 0 Å². The lowest BCUT2D eigenvalue weighted by Crippen LogP contribution is -2.20. The van der Waals surface area contributed by atoms with Crippen molar-refractivity contribution in [1.82, 2.24) is 9.97 Å². The van der Waals surface area contributed by atoms with E-state index in [4.69, 9.17) is 11.6 Å². The highest BCUT2D eigenvalue weighted by Crippen LogP contribution is 2.29. The maximum absolute atomic E-state index is 5.83. The van der Waals surface area contributed by atoms with E-state index in [0.717, 1.165) is 25.3 Å². The molecule has 1 atom stereocenters. The van der Waals surface area contributed by atoms with Crippen LogP contribution in [0.15, 0.2) is 42.6 Å². The molecule has 0 radical (unpaired) electrons. The SMILES string of the molecule is Clc1nccc(N2CCC(c3ccccc3)C2)n1. The van der Waals surface area contributed by atoms with E-state index in [1.54, 1.807) is 6.20 Å². The Balaban J connectivity index is 1.76. The van der Waals surface area contributed by atoms with Crippen molar-refractivity contribution in [3.63, 3.8) is 0 Å². The zero-order valence-corrected chi connectivity index (χ0v) is 10.7. The Hall–Kier alpha value is -1.61. The van der Waals surface area contributed by atoms with Crippen LogP contribution in [-0.2, 0) is 0 Å². The highest BCUT2D eigenvalue weighted by Gasteiger charge is 2.24. The average molecular weight is 260 g/mol. The van der Waals surface area contributed by atoms with Gasteiger partial charge in [-0.3, -0.25) is 0 Å². The van der Waals surface area contributed by atoms with Crippen LogP contribution in [0.4, 0.5) is 5.82 Å². The third-order valence-corrected chi connectivity index (χ3v) is 3.58. The van der Waals surface area contributed by atoms with Gasteiger partial charge in [0.15, 0.2) is 0 Å². The molecule has 2 aromatic rings. The molecule has 1 aliphatic rings. The smallest absolute Gasteiger partial charge is 0.224 e. The lowest BCUT2D eigenvalue weighted by atomic mass is 9.99. The molecule has 3 nitrogen and oxygen atoms in total. The summed E-state index contributed by atoms with van der Waals surface area (Å²) in [7, 11) is 0. The molecule has 1 fully saturated rings. The number of hydrogen-bond donors (Lipinski definition) is 0. The van der Waals surface area contributed by atoms with Crippen molar-refractivity contribution in [2.45, 2.75) is 12.3 Å². The Morgan fingerprint density at radius 2 is 2.00 bits per heavy atom. The van der Waals surface area contributed by atoms with Crippen molar-refractivity contribution in [3.05, 3.63) is 53.4 Å². The molecule has 0 spiro atoms. The van der Waals surface area contributed by atoms with Gasteiger partial charge < -0.3 is 4.90 Å². The fourth-order valence-corrected chi connectivity index (χ4v) is 2.61. The predicted molar refractivity (Wildman–Crippen MR) is 73.1 cm³/mol. The number of aromatic nitrogens is 2. The fraction of sp³-hybridized carbons (Fsp3) is 0.286. The highest BCUT2D eigenvalue weighted by molar-refractivity contribution is 6.28. The quantitative estimate of drug-likeness (QED) is 0.776. The Kier molecular flexibility index (Phi) is 3.15. The first-order valence-electron chi connectivity index (χ1n) is 6.11. The van der Waals surface area contributed by atoms with Crippen molar-refractivity contribution in [2.75, 3.05) is 18.0 Å². The number of rotatable bonds is 2. The first kappa shape index (κ1) is 11.5. The van der Waals surface area contributed by atoms with Gasteiger partial charge in [-0.15, -0.1) is 0 Å². The van der Waals surface area contributed by atoms with Crippen LogP contribution in [0.3, 0.4) is 0 Å². The number of anilines is 1. The maximum Gasteiger partial charge on any atom is 0.224 e. The molecule has 92 valence electrons. The zero-order chi connectivity index (χ0) is 12.4. The molecule has 0 N–H and O–H groups in total. The molecule has 0 bridgehead atoms. The minimum absolute atomic E-state index is 0.315. The number of benzene rings is 1. The topological polar surface area (TPSA) is 29.0 Å². The lowest BCUT2D eigenvalue weighted by Gasteiger charge is -2.17. The molecular formula is C14H14ClN3. The molecule has 1 aromatic carbocycles. The van der Waals surface area contributed by atoms with Gasteiger partial charge in [-0.25, -0.2) is 9.97 Å². The predicted octanol–water partition coefficient (Wildman–Crippen LogP) is 3.12. The summed E-state index contributed by atoms with van der Waals surface area (Å²) in [5.74, 6) is 1.51. The number of nitrogens with zero attached hydrogens (tertiary/aromatic N) is 3. The third kappa shape index (κ3) is 2.31. The molecule has 0 amide bonds. The van der Waals surface area contributed by atoms with Gasteiger partial charge in [-0.1, -0.05) is 30.3 Å². The minimum atomic E-state index is 0.315. The molecule has 1 unspecified atom stereocenters. The van der Waals surface area contributed by atoms with Crippen LogP contribution in [0.25, 0.3) is 0 Å². The summed E-state index contributed by atoms with van der Waals surface area (Å²) in [5.41, 5.74) is 1.40. The van der Waals surface area contributed by atoms with Crippen LogP contribution >= 0.6 is 11.6 Å². The van der Waals surface area contributed by atoms with E-state index in [2.05, 4.69) is 45.2 Å². The van der Waals surface area contributed by atoms with Gasteiger partial charge in [0.2, 0.25) is 5.28 Å². The van der Waals surface area contributed by atoms with E-state index in [-0.39, 0.29) is 0 Å². The zero-order valence-electron chi connectivity index (χ0n) is 9.96. The summed E-state index contributed by atoms with van der Waals surface area (Å²) in [6.45, 7) is 2.02. The molecule has 1 aliphatic heterocycles. The summed E-state index contributed by atoms with van der Waals surface area (Å²) in [5, 5.41) is 0.315. The fourth-order valence-electron chi connectivity index (χ4n) is 2.47. The number of halogens is 1. The standard InChI is InChI=1S/C14H14ClN3/c15-14-16-8-6-13(17-14)18-9-7-12(10-18)11-4-2-1-3-5-11/h1-6,8,12H,7,9-10H2. The van der Waals surface area contributed by atoms with Crippen molar-refractivity contribution in [1.29, 1.82) is 0 Å². The third-order valence-electron chi connectivity index (χ3n) is 3.39. The molecule has 3 rings (SSSR count). The van der Waals surface area contributed by atoms with E-state index in [0.29, 0.717) is 11.2 Å². The summed E-state index contributed by atoms with van der Waals surface area (Å²) in [6, 6.07) is 12.6. The summed E-state index contributed by atoms with van der Waals surface area (Å²) in [6.07, 6.45) is 2.87. The maximum atomic E-state index is 5.83. The van der Waals surface area contributed by atoms with Crippen LogP contribution < -0.4 is 4.90 Å². The van der Waals surface area contributed by atoms with E-state index in [1.807, 2.05) is 6.07 Å². The Bertz CT molecular complexity index is 530. The Morgan fingerprint density at radius 1 is 1.17 bits per heavy atom. The molecule has 2 heterocycles. The monoisotopic (exact) mass is 259 g/mol. The van der Waals surface area contributed by atoms with Crippen LogP contribution in [-0.4, -0.2) is 23.1 Å². The van der Waals surface area contributed by atoms with Crippen molar-refractivity contribution in [3.8, 4) is 0 Å². The minimum Gasteiger partial charge on any atom is -0.356 e.